The molecule has 1 saturated carbocycles. The lowest BCUT2D eigenvalue weighted by molar-refractivity contribution is -0.142. The molecule has 2 unspecified atom stereocenters. The third-order valence-electron chi connectivity index (χ3n) is 5.06. The van der Waals surface area contributed by atoms with Crippen molar-refractivity contribution in [1.82, 2.24) is 10.2 Å². The molecule has 0 aromatic rings. The first-order valence-electron chi connectivity index (χ1n) is 7.67. The molecule has 2 amide bonds. The Labute approximate surface area is 125 Å². The highest BCUT2D eigenvalue weighted by Crippen LogP contribution is 2.42. The SMILES string of the molecule is CCOC1CC(NC(=O)N2C[C@@H](C)[C@H](C(=O)O)C2)C1(C)C. The summed E-state index contributed by atoms with van der Waals surface area (Å²) >= 11 is 0. The smallest absolute Gasteiger partial charge is 0.317 e. The van der Waals surface area contributed by atoms with Crippen molar-refractivity contribution in [3.05, 3.63) is 0 Å². The summed E-state index contributed by atoms with van der Waals surface area (Å²) in [4.78, 5) is 25.0. The second kappa shape index (κ2) is 5.83. The number of carbonyl (C=O) groups excluding carboxylic acids is 1. The van der Waals surface area contributed by atoms with Gasteiger partial charge in [-0.05, 0) is 19.3 Å². The van der Waals surface area contributed by atoms with E-state index in [0.29, 0.717) is 19.7 Å². The lowest BCUT2D eigenvalue weighted by Gasteiger charge is -2.51. The average molecular weight is 298 g/mol. The molecule has 0 aromatic heterocycles. The van der Waals surface area contributed by atoms with Crippen molar-refractivity contribution in [3.8, 4) is 0 Å². The predicted octanol–water partition coefficient (Wildman–Crippen LogP) is 1.55. The van der Waals surface area contributed by atoms with E-state index in [9.17, 15) is 9.59 Å². The third-order valence-corrected chi connectivity index (χ3v) is 5.06. The largest absolute Gasteiger partial charge is 0.481 e. The summed E-state index contributed by atoms with van der Waals surface area (Å²) in [6.45, 7) is 9.51. The Morgan fingerprint density at radius 3 is 2.52 bits per heavy atom. The number of hydrogen-bond donors (Lipinski definition) is 2. The van der Waals surface area contributed by atoms with E-state index < -0.39 is 11.9 Å². The van der Waals surface area contributed by atoms with Gasteiger partial charge in [-0.15, -0.1) is 0 Å². The van der Waals surface area contributed by atoms with Crippen LogP contribution in [0.25, 0.3) is 0 Å². The first kappa shape index (κ1) is 16.1. The second-order valence-corrected chi connectivity index (χ2v) is 6.83. The van der Waals surface area contributed by atoms with Gasteiger partial charge in [0.2, 0.25) is 0 Å². The number of amides is 2. The molecule has 6 heteroatoms. The number of carboxylic acids is 1. The molecule has 21 heavy (non-hydrogen) atoms. The first-order chi connectivity index (χ1) is 9.77. The van der Waals surface area contributed by atoms with Crippen molar-refractivity contribution < 1.29 is 19.4 Å². The number of aliphatic carboxylic acids is 1. The number of nitrogens with one attached hydrogen (secondary N) is 1. The molecule has 120 valence electrons. The van der Waals surface area contributed by atoms with Gasteiger partial charge in [0.15, 0.2) is 0 Å². The maximum absolute atomic E-state index is 12.3. The van der Waals surface area contributed by atoms with Crippen LogP contribution in [0.1, 0.15) is 34.1 Å². The van der Waals surface area contributed by atoms with Crippen LogP contribution < -0.4 is 5.32 Å². The summed E-state index contributed by atoms with van der Waals surface area (Å²) in [7, 11) is 0. The summed E-state index contributed by atoms with van der Waals surface area (Å²) in [6.07, 6.45) is 0.996. The van der Waals surface area contributed by atoms with Crippen LogP contribution in [0, 0.1) is 17.3 Å². The van der Waals surface area contributed by atoms with Crippen LogP contribution in [0.2, 0.25) is 0 Å². The van der Waals surface area contributed by atoms with E-state index in [-0.39, 0.29) is 29.5 Å². The van der Waals surface area contributed by atoms with E-state index in [2.05, 4.69) is 19.2 Å². The standard InChI is InChI=1S/C15H26N2O4/c1-5-21-12-6-11(15(12,3)4)16-14(20)17-7-9(2)10(8-17)13(18)19/h9-12H,5-8H2,1-4H3,(H,16,20)(H,18,19)/t9-,10-,11?,12?/m1/s1. The van der Waals surface area contributed by atoms with Crippen LogP contribution in [0.4, 0.5) is 4.79 Å². The van der Waals surface area contributed by atoms with E-state index in [1.807, 2.05) is 13.8 Å². The van der Waals surface area contributed by atoms with Crippen molar-refractivity contribution in [2.75, 3.05) is 19.7 Å². The van der Waals surface area contributed by atoms with Crippen LogP contribution in [0.3, 0.4) is 0 Å². The zero-order chi connectivity index (χ0) is 15.8. The lowest BCUT2D eigenvalue weighted by Crippen LogP contribution is -2.63. The molecule has 0 aromatic carbocycles. The average Bonchev–Trinajstić information content (AvgIpc) is 2.80. The van der Waals surface area contributed by atoms with Crippen molar-refractivity contribution in [2.24, 2.45) is 17.3 Å². The molecule has 6 nitrogen and oxygen atoms in total. The van der Waals surface area contributed by atoms with Crippen molar-refractivity contribution >= 4 is 12.0 Å². The lowest BCUT2D eigenvalue weighted by atomic mass is 9.64. The molecule has 2 aliphatic rings. The maximum atomic E-state index is 12.3. The second-order valence-electron chi connectivity index (χ2n) is 6.83. The highest BCUT2D eigenvalue weighted by Gasteiger charge is 2.50. The van der Waals surface area contributed by atoms with Gasteiger partial charge in [-0.3, -0.25) is 4.79 Å². The highest BCUT2D eigenvalue weighted by atomic mass is 16.5. The molecular formula is C15H26N2O4. The number of nitrogens with zero attached hydrogens (tertiary/aromatic N) is 1. The quantitative estimate of drug-likeness (QED) is 0.825. The summed E-state index contributed by atoms with van der Waals surface area (Å²) in [5.41, 5.74) is -0.0801. The van der Waals surface area contributed by atoms with Crippen molar-refractivity contribution in [1.29, 1.82) is 0 Å². The monoisotopic (exact) mass is 298 g/mol. The molecule has 0 radical (unpaired) electrons. The number of urea groups is 1. The van der Waals surface area contributed by atoms with Crippen molar-refractivity contribution in [3.63, 3.8) is 0 Å². The molecule has 1 aliphatic heterocycles. The fraction of sp³-hybridized carbons (Fsp3) is 0.867. The van der Waals surface area contributed by atoms with Crippen LogP contribution in [0.5, 0.6) is 0 Å². The van der Waals surface area contributed by atoms with Gasteiger partial charge in [-0.2, -0.15) is 0 Å². The number of carboxylic acid groups (broad SMARTS) is 1. The van der Waals surface area contributed by atoms with E-state index >= 15 is 0 Å². The normalized spacial score (nSPS) is 34.4. The van der Waals surface area contributed by atoms with E-state index in [4.69, 9.17) is 9.84 Å². The minimum atomic E-state index is -0.821. The molecule has 1 heterocycles. The summed E-state index contributed by atoms with van der Waals surface area (Å²) < 4.78 is 5.65. The third kappa shape index (κ3) is 3.00. The molecule has 4 atom stereocenters. The zero-order valence-corrected chi connectivity index (χ0v) is 13.3. The van der Waals surface area contributed by atoms with Crippen LogP contribution in [0.15, 0.2) is 0 Å². The van der Waals surface area contributed by atoms with Gasteiger partial charge in [0.1, 0.15) is 0 Å². The Bertz CT molecular complexity index is 424. The highest BCUT2D eigenvalue weighted by molar-refractivity contribution is 5.78. The van der Waals surface area contributed by atoms with E-state index in [0.717, 1.165) is 6.42 Å². The first-order valence-corrected chi connectivity index (χ1v) is 7.67. The Kier molecular flexibility index (Phi) is 4.46. The van der Waals surface area contributed by atoms with Crippen molar-refractivity contribution in [2.45, 2.75) is 46.3 Å². The van der Waals surface area contributed by atoms with Gasteiger partial charge in [0, 0.05) is 31.2 Å². The number of rotatable bonds is 4. The fourth-order valence-electron chi connectivity index (χ4n) is 3.31. The molecule has 2 rings (SSSR count). The molecule has 0 bridgehead atoms. The summed E-state index contributed by atoms with van der Waals surface area (Å²) in [5, 5.41) is 12.2. The topological polar surface area (TPSA) is 78.9 Å². The Hall–Kier alpha value is -1.30. The maximum Gasteiger partial charge on any atom is 0.317 e. The molecule has 0 spiro atoms. The van der Waals surface area contributed by atoms with Gasteiger partial charge >= 0.3 is 12.0 Å². The Balaban J connectivity index is 1.88. The molecule has 2 N–H and O–H groups in total. The Morgan fingerprint density at radius 1 is 1.38 bits per heavy atom. The van der Waals surface area contributed by atoms with Gasteiger partial charge in [0.25, 0.3) is 0 Å². The van der Waals surface area contributed by atoms with Gasteiger partial charge < -0.3 is 20.1 Å². The van der Waals surface area contributed by atoms with Gasteiger partial charge in [0.05, 0.1) is 12.0 Å². The number of hydrogen-bond acceptors (Lipinski definition) is 3. The summed E-state index contributed by atoms with van der Waals surface area (Å²) in [6, 6.07) is -0.0700. The zero-order valence-electron chi connectivity index (χ0n) is 13.3. The van der Waals surface area contributed by atoms with Crippen LogP contribution >= 0.6 is 0 Å². The molecular weight excluding hydrogens is 272 g/mol. The number of ether oxygens (including phenoxy) is 1. The van der Waals surface area contributed by atoms with E-state index in [1.54, 1.807) is 4.90 Å². The van der Waals surface area contributed by atoms with Gasteiger partial charge in [-0.25, -0.2) is 4.79 Å². The minimum Gasteiger partial charge on any atom is -0.481 e. The molecule has 1 saturated heterocycles. The fourth-order valence-corrected chi connectivity index (χ4v) is 3.31. The van der Waals surface area contributed by atoms with Crippen LogP contribution in [-0.2, 0) is 9.53 Å². The number of likely N-dealkylation sites (tertiary alicyclic amines) is 1. The minimum absolute atomic E-state index is 0.00109. The van der Waals surface area contributed by atoms with Gasteiger partial charge in [-0.1, -0.05) is 20.8 Å². The predicted molar refractivity (Wildman–Crippen MR) is 78.0 cm³/mol. The molecule has 1 aliphatic carbocycles. The molecule has 2 fully saturated rings. The summed E-state index contributed by atoms with van der Waals surface area (Å²) in [5.74, 6) is -1.28. The number of carbonyl (C=O) groups is 2. The van der Waals surface area contributed by atoms with Crippen LogP contribution in [-0.4, -0.2) is 53.8 Å². The van der Waals surface area contributed by atoms with E-state index in [1.165, 1.54) is 0 Å². The Morgan fingerprint density at radius 2 is 2.05 bits per heavy atom.